The van der Waals surface area contributed by atoms with Crippen molar-refractivity contribution < 1.29 is 8.78 Å². The number of hydrogen-bond donors (Lipinski definition) is 0. The molecule has 0 spiro atoms. The van der Waals surface area contributed by atoms with E-state index in [1.807, 2.05) is 13.8 Å². The molecule has 0 N–H and O–H groups in total. The molecule has 0 aliphatic rings. The number of halogens is 2. The predicted molar refractivity (Wildman–Crippen MR) is 84.5 cm³/mol. The minimum Gasteiger partial charge on any atom is -0.275 e. The summed E-state index contributed by atoms with van der Waals surface area (Å²) in [5.41, 5.74) is 3.12. The highest BCUT2D eigenvalue weighted by Crippen LogP contribution is 2.33. The van der Waals surface area contributed by atoms with Crippen molar-refractivity contribution in [3.63, 3.8) is 0 Å². The normalized spacial score (nSPS) is 11.8. The first-order valence-corrected chi connectivity index (χ1v) is 7.59. The highest BCUT2D eigenvalue weighted by Gasteiger charge is 2.21. The molecule has 0 unspecified atom stereocenters. The second-order valence-electron chi connectivity index (χ2n) is 5.71. The van der Waals surface area contributed by atoms with E-state index in [9.17, 15) is 8.78 Å². The van der Waals surface area contributed by atoms with Crippen LogP contribution < -0.4 is 0 Å². The maximum atomic E-state index is 13.6. The van der Waals surface area contributed by atoms with Crippen LogP contribution in [0.3, 0.4) is 0 Å². The number of alkyl halides is 2. The van der Waals surface area contributed by atoms with Gasteiger partial charge in [0.1, 0.15) is 0 Å². The number of nitrogens with zero attached hydrogens (tertiary/aromatic N) is 5. The molecule has 3 aromatic heterocycles. The zero-order valence-electron chi connectivity index (χ0n) is 13.6. The van der Waals surface area contributed by atoms with Gasteiger partial charge in [0.2, 0.25) is 0 Å². The van der Waals surface area contributed by atoms with Crippen LogP contribution in [-0.2, 0) is 13.6 Å². The lowest BCUT2D eigenvalue weighted by Crippen LogP contribution is -2.01. The van der Waals surface area contributed by atoms with E-state index in [0.717, 1.165) is 17.7 Å². The van der Waals surface area contributed by atoms with Crippen LogP contribution in [0.2, 0.25) is 0 Å². The molecule has 3 heterocycles. The van der Waals surface area contributed by atoms with Crippen molar-refractivity contribution in [3.8, 4) is 11.3 Å². The Kier molecular flexibility index (Phi) is 3.87. The summed E-state index contributed by atoms with van der Waals surface area (Å²) < 4.78 is 30.5. The molecular weight excluding hydrogens is 300 g/mol. The first kappa shape index (κ1) is 15.6. The highest BCUT2D eigenvalue weighted by molar-refractivity contribution is 5.85. The number of fused-ring (bicyclic) bond motifs is 1. The Balaban J connectivity index is 2.32. The Bertz CT molecular complexity index is 863. The van der Waals surface area contributed by atoms with Crippen LogP contribution in [0, 0.1) is 13.8 Å². The number of rotatable bonds is 4. The number of aryl methyl sites for hydroxylation is 4. The van der Waals surface area contributed by atoms with Crippen molar-refractivity contribution in [2.24, 2.45) is 7.05 Å². The maximum Gasteiger partial charge on any atom is 0.264 e. The number of hydrogen-bond acceptors (Lipinski definition) is 3. The summed E-state index contributed by atoms with van der Waals surface area (Å²) in [5.74, 6) is 0. The van der Waals surface area contributed by atoms with Crippen LogP contribution in [0.15, 0.2) is 12.3 Å². The van der Waals surface area contributed by atoms with E-state index < -0.39 is 6.43 Å². The van der Waals surface area contributed by atoms with Gasteiger partial charge < -0.3 is 0 Å². The summed E-state index contributed by atoms with van der Waals surface area (Å²) in [7, 11) is 1.80. The molecule has 0 aromatic carbocycles. The van der Waals surface area contributed by atoms with Crippen LogP contribution in [-0.4, -0.2) is 24.5 Å². The van der Waals surface area contributed by atoms with Crippen LogP contribution >= 0.6 is 0 Å². The monoisotopic (exact) mass is 319 g/mol. The smallest absolute Gasteiger partial charge is 0.264 e. The first-order chi connectivity index (χ1) is 10.9. The van der Waals surface area contributed by atoms with Crippen molar-refractivity contribution in [2.45, 2.75) is 40.2 Å². The Morgan fingerprint density at radius 3 is 2.48 bits per heavy atom. The van der Waals surface area contributed by atoms with Crippen molar-refractivity contribution in [3.05, 3.63) is 29.2 Å². The van der Waals surface area contributed by atoms with Gasteiger partial charge in [0.25, 0.3) is 6.43 Å². The number of aromatic nitrogens is 5. The third-order valence-corrected chi connectivity index (χ3v) is 3.87. The van der Waals surface area contributed by atoms with Gasteiger partial charge in [0, 0.05) is 30.9 Å². The van der Waals surface area contributed by atoms with E-state index in [1.165, 1.54) is 6.07 Å². The van der Waals surface area contributed by atoms with Gasteiger partial charge >= 0.3 is 0 Å². The first-order valence-electron chi connectivity index (χ1n) is 7.59. The van der Waals surface area contributed by atoms with E-state index >= 15 is 0 Å². The molecule has 0 atom stereocenters. The second-order valence-corrected chi connectivity index (χ2v) is 5.71. The summed E-state index contributed by atoms with van der Waals surface area (Å²) in [4.78, 5) is 4.62. The van der Waals surface area contributed by atoms with E-state index in [4.69, 9.17) is 0 Å². The zero-order valence-corrected chi connectivity index (χ0v) is 13.6. The van der Waals surface area contributed by atoms with Gasteiger partial charge in [-0.05, 0) is 26.3 Å². The van der Waals surface area contributed by atoms with Gasteiger partial charge in [-0.25, -0.2) is 18.4 Å². The molecule has 122 valence electrons. The molecule has 0 radical (unpaired) electrons. The van der Waals surface area contributed by atoms with E-state index in [1.54, 1.807) is 29.5 Å². The molecule has 7 heteroatoms. The molecule has 3 aromatic rings. The van der Waals surface area contributed by atoms with Gasteiger partial charge in [-0.3, -0.25) is 4.68 Å². The molecular formula is C16H19F2N5. The summed E-state index contributed by atoms with van der Waals surface area (Å²) in [6.07, 6.45) is 0.0821. The molecule has 23 heavy (non-hydrogen) atoms. The fourth-order valence-electron chi connectivity index (χ4n) is 2.92. The lowest BCUT2D eigenvalue weighted by Gasteiger charge is -2.07. The van der Waals surface area contributed by atoms with Gasteiger partial charge in [-0.2, -0.15) is 10.2 Å². The topological polar surface area (TPSA) is 48.5 Å². The average molecular weight is 319 g/mol. The minimum atomic E-state index is -2.57. The summed E-state index contributed by atoms with van der Waals surface area (Å²) >= 11 is 0. The molecule has 0 aliphatic carbocycles. The predicted octanol–water partition coefficient (Wildman–Crippen LogP) is 3.80. The van der Waals surface area contributed by atoms with Gasteiger partial charge in [-0.1, -0.05) is 6.92 Å². The lowest BCUT2D eigenvalue weighted by atomic mass is 10.1. The quantitative estimate of drug-likeness (QED) is 0.735. The second kappa shape index (κ2) is 5.72. The largest absolute Gasteiger partial charge is 0.275 e. The van der Waals surface area contributed by atoms with Crippen molar-refractivity contribution in [2.75, 3.05) is 0 Å². The van der Waals surface area contributed by atoms with E-state index in [2.05, 4.69) is 15.2 Å². The standard InChI is InChI=1S/C16H19F2N5/c1-5-6-23-16-14(10(3)21-23)11(15(17)18)7-13(19-16)12-8-22(4)20-9(12)2/h7-8,15H,5-6H2,1-4H3. The molecule has 3 rings (SSSR count). The molecule has 5 nitrogen and oxygen atoms in total. The van der Waals surface area contributed by atoms with Crippen LogP contribution in [0.4, 0.5) is 8.78 Å². The fraction of sp³-hybridized carbons (Fsp3) is 0.438. The van der Waals surface area contributed by atoms with Crippen LogP contribution in [0.25, 0.3) is 22.3 Å². The molecule has 0 amide bonds. The van der Waals surface area contributed by atoms with Gasteiger partial charge in [0.15, 0.2) is 5.65 Å². The van der Waals surface area contributed by atoms with Crippen LogP contribution in [0.1, 0.15) is 36.7 Å². The SMILES string of the molecule is CCCn1nc(C)c2c(C(F)F)cc(-c3cn(C)nc3C)nc21. The van der Waals surface area contributed by atoms with E-state index in [0.29, 0.717) is 29.0 Å². The Hall–Kier alpha value is -2.31. The summed E-state index contributed by atoms with van der Waals surface area (Å²) in [6, 6.07) is 1.46. The van der Waals surface area contributed by atoms with Crippen molar-refractivity contribution in [1.82, 2.24) is 24.5 Å². The molecule has 0 fully saturated rings. The Morgan fingerprint density at radius 2 is 1.91 bits per heavy atom. The average Bonchev–Trinajstić information content (AvgIpc) is 2.98. The molecule has 0 aliphatic heterocycles. The van der Waals surface area contributed by atoms with Crippen molar-refractivity contribution >= 4 is 11.0 Å². The highest BCUT2D eigenvalue weighted by atomic mass is 19.3. The third-order valence-electron chi connectivity index (χ3n) is 3.87. The van der Waals surface area contributed by atoms with Crippen molar-refractivity contribution in [1.29, 1.82) is 0 Å². The van der Waals surface area contributed by atoms with Gasteiger partial charge in [0.05, 0.1) is 22.5 Å². The fourth-order valence-corrected chi connectivity index (χ4v) is 2.92. The Morgan fingerprint density at radius 1 is 1.17 bits per heavy atom. The maximum absolute atomic E-state index is 13.6. The lowest BCUT2D eigenvalue weighted by molar-refractivity contribution is 0.153. The summed E-state index contributed by atoms with van der Waals surface area (Å²) in [5, 5.41) is 9.11. The zero-order chi connectivity index (χ0) is 16.7. The number of pyridine rings is 1. The third kappa shape index (κ3) is 2.60. The summed E-state index contributed by atoms with van der Waals surface area (Å²) in [6.45, 7) is 6.26. The molecule has 0 saturated carbocycles. The molecule has 0 saturated heterocycles. The molecule has 0 bridgehead atoms. The van der Waals surface area contributed by atoms with Crippen LogP contribution in [0.5, 0.6) is 0 Å². The van der Waals surface area contributed by atoms with E-state index in [-0.39, 0.29) is 5.56 Å². The minimum absolute atomic E-state index is 0.0203. The van der Waals surface area contributed by atoms with Gasteiger partial charge in [-0.15, -0.1) is 0 Å². The Labute approximate surface area is 132 Å².